The standard InChI is InChI=1S/C45H36Si.2CH3.Hf/c1-3-46(2,44-40-20-12-10-18-38(40)30-42(44)36-26-22-34(23-27-36)32-14-6-4-7-15-32)45-41-21-13-11-19-39(41)31-43(45)37-28-24-35(25-29-37)33-16-8-5-9-17-33;;;/h4-31H,3H2,1-2H3;2*1H3;/q-2;2*-1;+4. The zero-order valence-electron chi connectivity index (χ0n) is 28.9. The smallest absolute Gasteiger partial charge is 0.358 e. The average Bonchev–Trinajstić information content (AvgIpc) is 3.73. The molecule has 0 fully saturated rings. The van der Waals surface area contributed by atoms with Crippen LogP contribution in [-0.4, -0.2) is 8.07 Å². The number of hydrogen-bond acceptors (Lipinski definition) is 0. The maximum absolute atomic E-state index is 2.61. The fourth-order valence-electron chi connectivity index (χ4n) is 7.52. The molecule has 8 aromatic rings. The average molecular weight is 813 g/mol. The van der Waals surface area contributed by atoms with Gasteiger partial charge in [0.05, 0.1) is 0 Å². The number of rotatable bonds is 7. The van der Waals surface area contributed by atoms with Gasteiger partial charge in [-0.25, -0.2) is 0 Å². The van der Waals surface area contributed by atoms with Gasteiger partial charge in [-0.2, -0.15) is 0 Å². The molecular formula is C47H42HfSi. The van der Waals surface area contributed by atoms with E-state index in [2.05, 4.69) is 183 Å². The first-order chi connectivity index (χ1) is 22.6. The summed E-state index contributed by atoms with van der Waals surface area (Å²) in [5.41, 5.74) is 10.4. The van der Waals surface area contributed by atoms with Crippen LogP contribution in [0.1, 0.15) is 6.92 Å². The van der Waals surface area contributed by atoms with Gasteiger partial charge in [-0.05, 0) is 22.3 Å². The van der Waals surface area contributed by atoms with Gasteiger partial charge in [0.1, 0.15) is 0 Å². The second kappa shape index (κ2) is 15.0. The molecular weight excluding hydrogens is 771 g/mol. The second-order valence-corrected chi connectivity index (χ2v) is 17.0. The topological polar surface area (TPSA) is 0 Å². The third-order valence-corrected chi connectivity index (χ3v) is 14.7. The molecule has 0 atom stereocenters. The molecule has 0 N–H and O–H groups in total. The van der Waals surface area contributed by atoms with Crippen LogP contribution in [0.2, 0.25) is 12.6 Å². The van der Waals surface area contributed by atoms with Crippen LogP contribution in [-0.2, 0) is 25.8 Å². The molecule has 0 aliphatic rings. The summed E-state index contributed by atoms with van der Waals surface area (Å²) in [4.78, 5) is 0. The van der Waals surface area contributed by atoms with E-state index in [1.165, 1.54) is 66.1 Å². The van der Waals surface area contributed by atoms with Crippen molar-refractivity contribution in [3.8, 4) is 44.5 Å². The van der Waals surface area contributed by atoms with E-state index in [4.69, 9.17) is 0 Å². The van der Waals surface area contributed by atoms with E-state index in [9.17, 15) is 0 Å². The second-order valence-electron chi connectivity index (χ2n) is 12.6. The van der Waals surface area contributed by atoms with Gasteiger partial charge in [-0.1, -0.05) is 176 Å². The van der Waals surface area contributed by atoms with E-state index in [0.717, 1.165) is 6.04 Å². The molecule has 0 radical (unpaired) electrons. The van der Waals surface area contributed by atoms with Crippen LogP contribution in [0.25, 0.3) is 66.1 Å². The van der Waals surface area contributed by atoms with Crippen LogP contribution in [0.15, 0.2) is 170 Å². The summed E-state index contributed by atoms with van der Waals surface area (Å²) in [5, 5.41) is 8.56. The van der Waals surface area contributed by atoms with Crippen LogP contribution in [0.4, 0.5) is 0 Å². The molecule has 8 aromatic carbocycles. The fourth-order valence-corrected chi connectivity index (χ4v) is 11.7. The Kier molecular flexibility index (Phi) is 11.0. The van der Waals surface area contributed by atoms with Crippen LogP contribution in [0.3, 0.4) is 0 Å². The van der Waals surface area contributed by atoms with Crippen molar-refractivity contribution >= 4 is 40.0 Å². The van der Waals surface area contributed by atoms with Crippen molar-refractivity contribution in [2.24, 2.45) is 0 Å². The third-order valence-electron chi connectivity index (χ3n) is 10.0. The summed E-state index contributed by atoms with van der Waals surface area (Å²) in [6.07, 6.45) is 0. The normalized spacial score (nSPS) is 11.1. The third kappa shape index (κ3) is 6.41. The molecule has 0 amide bonds. The Hall–Kier alpha value is -4.37. The first-order valence-electron chi connectivity index (χ1n) is 16.3. The van der Waals surface area contributed by atoms with Crippen LogP contribution in [0.5, 0.6) is 0 Å². The first kappa shape index (κ1) is 35.9. The molecule has 0 heterocycles. The van der Waals surface area contributed by atoms with Gasteiger partial charge < -0.3 is 14.9 Å². The summed E-state index contributed by atoms with van der Waals surface area (Å²) in [7, 11) is -2.31. The predicted molar refractivity (Wildman–Crippen MR) is 215 cm³/mol. The fraction of sp³-hybridized carbons (Fsp3) is 0.0638. The molecule has 8 rings (SSSR count). The van der Waals surface area contributed by atoms with E-state index < -0.39 is 8.07 Å². The zero-order chi connectivity index (χ0) is 31.1. The van der Waals surface area contributed by atoms with Crippen LogP contribution in [0, 0.1) is 14.9 Å². The predicted octanol–water partition coefficient (Wildman–Crippen LogP) is 12.2. The Labute approximate surface area is 312 Å². The Balaban J connectivity index is 0.00000156. The first-order valence-corrected chi connectivity index (χ1v) is 19.0. The van der Waals surface area contributed by atoms with Crippen molar-refractivity contribution in [1.82, 2.24) is 0 Å². The summed E-state index contributed by atoms with van der Waals surface area (Å²) < 4.78 is 0. The van der Waals surface area contributed by atoms with Crippen molar-refractivity contribution < 1.29 is 25.8 Å². The van der Waals surface area contributed by atoms with E-state index >= 15 is 0 Å². The molecule has 2 heteroatoms. The van der Waals surface area contributed by atoms with Gasteiger partial charge >= 0.3 is 25.8 Å². The van der Waals surface area contributed by atoms with Gasteiger partial charge in [0.25, 0.3) is 0 Å². The zero-order valence-corrected chi connectivity index (χ0v) is 33.5. The number of fused-ring (bicyclic) bond motifs is 2. The summed E-state index contributed by atoms with van der Waals surface area (Å²) >= 11 is 0. The minimum Gasteiger partial charge on any atom is -0.358 e. The van der Waals surface area contributed by atoms with E-state index in [1.807, 2.05) is 0 Å². The molecule has 0 aliphatic carbocycles. The van der Waals surface area contributed by atoms with Gasteiger partial charge in [-0.15, -0.1) is 67.3 Å². The largest absolute Gasteiger partial charge is 4.00 e. The number of benzene rings is 6. The van der Waals surface area contributed by atoms with Crippen molar-refractivity contribution in [2.75, 3.05) is 0 Å². The van der Waals surface area contributed by atoms with Gasteiger partial charge in [0, 0.05) is 8.07 Å². The Morgan fingerprint density at radius 2 is 0.714 bits per heavy atom. The summed E-state index contributed by atoms with van der Waals surface area (Å²) in [6, 6.07) is 63.9. The molecule has 49 heavy (non-hydrogen) atoms. The molecule has 0 saturated carbocycles. The summed E-state index contributed by atoms with van der Waals surface area (Å²) in [5.74, 6) is 0. The van der Waals surface area contributed by atoms with Crippen molar-refractivity contribution in [3.05, 3.63) is 185 Å². The van der Waals surface area contributed by atoms with Crippen molar-refractivity contribution in [1.29, 1.82) is 0 Å². The van der Waals surface area contributed by atoms with Gasteiger partial charge in [-0.3, -0.25) is 0 Å². The molecule has 238 valence electrons. The Morgan fingerprint density at radius 1 is 0.408 bits per heavy atom. The van der Waals surface area contributed by atoms with Crippen LogP contribution >= 0.6 is 0 Å². The van der Waals surface area contributed by atoms with Crippen molar-refractivity contribution in [2.45, 2.75) is 19.5 Å². The Bertz CT molecular complexity index is 2110. The minimum absolute atomic E-state index is 0. The van der Waals surface area contributed by atoms with E-state index in [-0.39, 0.29) is 40.7 Å². The molecule has 0 nitrogen and oxygen atoms in total. The van der Waals surface area contributed by atoms with Gasteiger partial charge in [0.2, 0.25) is 0 Å². The quantitative estimate of drug-likeness (QED) is 0.111. The molecule has 0 aromatic heterocycles. The molecule has 0 unspecified atom stereocenters. The molecule has 0 spiro atoms. The monoisotopic (exact) mass is 814 g/mol. The minimum atomic E-state index is -2.31. The molecule has 0 aliphatic heterocycles. The SMILES string of the molecule is CC[Si](C)(c1c(-c2ccc(-c3ccccc3)cc2)[cH-]c2ccccc12)c1c(-c2ccc(-c3ccccc3)cc2)[cH-]c2ccccc12.[CH3-].[CH3-].[Hf+4]. The Morgan fingerprint density at radius 3 is 1.08 bits per heavy atom. The molecule has 0 bridgehead atoms. The number of hydrogen-bond donors (Lipinski definition) is 0. The maximum atomic E-state index is 2.61. The summed E-state index contributed by atoms with van der Waals surface area (Å²) in [6.45, 7) is 5.03. The molecule has 0 saturated heterocycles. The maximum Gasteiger partial charge on any atom is 4.00 e. The van der Waals surface area contributed by atoms with Crippen molar-refractivity contribution in [3.63, 3.8) is 0 Å². The van der Waals surface area contributed by atoms with E-state index in [1.54, 1.807) is 10.4 Å². The van der Waals surface area contributed by atoms with Crippen LogP contribution < -0.4 is 10.4 Å². The van der Waals surface area contributed by atoms with E-state index in [0.29, 0.717) is 0 Å². The van der Waals surface area contributed by atoms with Gasteiger partial charge in [0.15, 0.2) is 0 Å².